The number of hydrogen-bond acceptors (Lipinski definition) is 5. The Labute approximate surface area is 140 Å². The number of ether oxygens (including phenoxy) is 1. The number of carbonyl (C=O) groups excluding carboxylic acids is 1. The molecule has 0 fully saturated rings. The highest BCUT2D eigenvalue weighted by atomic mass is 79.9. The lowest BCUT2D eigenvalue weighted by molar-refractivity contribution is -0.123. The molecule has 0 aliphatic carbocycles. The second kappa shape index (κ2) is 7.23. The third kappa shape index (κ3) is 4.54. The standard InChI is InChI=1S/C13H13BrN2O4S2/c1-9-4-2-3-5-10(9)20-8-12(17)15-16-22(18,19)13-7-6-11(14)21-13/h2-7,16H,8H2,1H3,(H,15,17). The molecule has 1 heterocycles. The van der Waals surface area contributed by atoms with Gasteiger partial charge in [-0.25, -0.2) is 8.42 Å². The fourth-order valence-electron chi connectivity index (χ4n) is 1.51. The summed E-state index contributed by atoms with van der Waals surface area (Å²) in [6.45, 7) is 1.56. The summed E-state index contributed by atoms with van der Waals surface area (Å²) in [5.74, 6) is -0.0230. The highest BCUT2D eigenvalue weighted by molar-refractivity contribution is 9.11. The first-order valence-electron chi connectivity index (χ1n) is 6.13. The molecule has 1 aromatic heterocycles. The van der Waals surface area contributed by atoms with Gasteiger partial charge in [-0.2, -0.15) is 0 Å². The van der Waals surface area contributed by atoms with Gasteiger partial charge in [0.1, 0.15) is 9.96 Å². The predicted octanol–water partition coefficient (Wildman–Crippen LogP) is 2.21. The number of aryl methyl sites for hydroxylation is 1. The van der Waals surface area contributed by atoms with Crippen molar-refractivity contribution in [1.29, 1.82) is 0 Å². The molecule has 1 amide bonds. The van der Waals surface area contributed by atoms with E-state index in [1.54, 1.807) is 18.2 Å². The van der Waals surface area contributed by atoms with E-state index < -0.39 is 15.9 Å². The zero-order chi connectivity index (χ0) is 16.2. The normalized spacial score (nSPS) is 11.2. The molecule has 22 heavy (non-hydrogen) atoms. The van der Waals surface area contributed by atoms with Crippen LogP contribution < -0.4 is 15.0 Å². The van der Waals surface area contributed by atoms with Crippen LogP contribution >= 0.6 is 27.3 Å². The van der Waals surface area contributed by atoms with E-state index in [4.69, 9.17) is 4.74 Å². The van der Waals surface area contributed by atoms with E-state index in [1.807, 2.05) is 23.9 Å². The van der Waals surface area contributed by atoms with E-state index in [2.05, 4.69) is 21.4 Å². The van der Waals surface area contributed by atoms with E-state index in [-0.39, 0.29) is 10.8 Å². The zero-order valence-corrected chi connectivity index (χ0v) is 14.7. The molecule has 0 spiro atoms. The molecule has 0 atom stereocenters. The minimum absolute atomic E-state index is 0.0968. The van der Waals surface area contributed by atoms with Crippen molar-refractivity contribution in [3.8, 4) is 5.75 Å². The lowest BCUT2D eigenvalue weighted by Gasteiger charge is -2.10. The van der Waals surface area contributed by atoms with Crippen LogP contribution in [-0.4, -0.2) is 20.9 Å². The first kappa shape index (κ1) is 16.9. The van der Waals surface area contributed by atoms with Crippen LogP contribution in [0, 0.1) is 6.92 Å². The number of nitrogens with one attached hydrogen (secondary N) is 2. The van der Waals surface area contributed by atoms with Crippen molar-refractivity contribution in [3.63, 3.8) is 0 Å². The van der Waals surface area contributed by atoms with E-state index in [0.29, 0.717) is 9.54 Å². The summed E-state index contributed by atoms with van der Waals surface area (Å²) in [7, 11) is -3.77. The molecule has 0 bridgehead atoms. The van der Waals surface area contributed by atoms with Crippen molar-refractivity contribution >= 4 is 43.2 Å². The minimum atomic E-state index is -3.77. The number of hydrogen-bond donors (Lipinski definition) is 2. The minimum Gasteiger partial charge on any atom is -0.483 e. The maximum absolute atomic E-state index is 11.9. The van der Waals surface area contributed by atoms with E-state index in [0.717, 1.165) is 16.9 Å². The number of benzene rings is 1. The Morgan fingerprint density at radius 1 is 1.27 bits per heavy atom. The van der Waals surface area contributed by atoms with Gasteiger partial charge < -0.3 is 4.74 Å². The molecular weight excluding hydrogens is 392 g/mol. The number of rotatable bonds is 6. The molecule has 0 saturated heterocycles. The summed E-state index contributed by atoms with van der Waals surface area (Å²) in [6, 6.07) is 10.3. The molecule has 2 aromatic rings. The van der Waals surface area contributed by atoms with Gasteiger partial charge in [0, 0.05) is 0 Å². The summed E-state index contributed by atoms with van der Waals surface area (Å²) in [4.78, 5) is 13.7. The summed E-state index contributed by atoms with van der Waals surface area (Å²) < 4.78 is 29.9. The van der Waals surface area contributed by atoms with Crippen LogP contribution in [0.4, 0.5) is 0 Å². The molecule has 0 radical (unpaired) electrons. The lowest BCUT2D eigenvalue weighted by atomic mass is 10.2. The molecule has 9 heteroatoms. The van der Waals surface area contributed by atoms with Crippen LogP contribution in [-0.2, 0) is 14.8 Å². The second-order valence-electron chi connectivity index (χ2n) is 4.27. The molecule has 2 rings (SSSR count). The largest absolute Gasteiger partial charge is 0.483 e. The van der Waals surface area contributed by atoms with Crippen LogP contribution in [0.15, 0.2) is 44.4 Å². The van der Waals surface area contributed by atoms with Gasteiger partial charge in [0.25, 0.3) is 15.9 Å². The van der Waals surface area contributed by atoms with Crippen LogP contribution in [0.3, 0.4) is 0 Å². The van der Waals surface area contributed by atoms with Crippen molar-refractivity contribution in [2.45, 2.75) is 11.1 Å². The summed E-state index contributed by atoms with van der Waals surface area (Å²) >= 11 is 4.22. The number of carbonyl (C=O) groups is 1. The van der Waals surface area contributed by atoms with Crippen molar-refractivity contribution in [2.24, 2.45) is 0 Å². The average molecular weight is 405 g/mol. The van der Waals surface area contributed by atoms with Crippen LogP contribution in [0.2, 0.25) is 0 Å². The number of para-hydroxylation sites is 1. The predicted molar refractivity (Wildman–Crippen MR) is 87.2 cm³/mol. The van der Waals surface area contributed by atoms with Gasteiger partial charge in [-0.15, -0.1) is 16.2 Å². The molecule has 0 aliphatic rings. The molecule has 118 valence electrons. The fourth-order valence-corrected chi connectivity index (χ4v) is 4.38. The molecule has 6 nitrogen and oxygen atoms in total. The van der Waals surface area contributed by atoms with E-state index in [9.17, 15) is 13.2 Å². The summed E-state index contributed by atoms with van der Waals surface area (Å²) in [5, 5.41) is 0. The van der Waals surface area contributed by atoms with Crippen molar-refractivity contribution in [2.75, 3.05) is 6.61 Å². The van der Waals surface area contributed by atoms with Crippen LogP contribution in [0.1, 0.15) is 5.56 Å². The van der Waals surface area contributed by atoms with Crippen molar-refractivity contribution in [1.82, 2.24) is 10.3 Å². The molecular formula is C13H13BrN2O4S2. The first-order valence-corrected chi connectivity index (χ1v) is 9.22. The van der Waals surface area contributed by atoms with Crippen molar-refractivity contribution < 1.29 is 17.9 Å². The van der Waals surface area contributed by atoms with Crippen molar-refractivity contribution in [3.05, 3.63) is 45.7 Å². The van der Waals surface area contributed by atoms with Crippen LogP contribution in [0.5, 0.6) is 5.75 Å². The fraction of sp³-hybridized carbons (Fsp3) is 0.154. The highest BCUT2D eigenvalue weighted by Crippen LogP contribution is 2.25. The number of amides is 1. The number of halogens is 1. The molecule has 0 saturated carbocycles. The quantitative estimate of drug-likeness (QED) is 0.722. The maximum Gasteiger partial charge on any atom is 0.272 e. The van der Waals surface area contributed by atoms with E-state index in [1.165, 1.54) is 6.07 Å². The van der Waals surface area contributed by atoms with Gasteiger partial charge in [-0.1, -0.05) is 18.2 Å². The van der Waals surface area contributed by atoms with Gasteiger partial charge >= 0.3 is 0 Å². The Kier molecular flexibility index (Phi) is 5.57. The Morgan fingerprint density at radius 2 is 2.00 bits per heavy atom. The SMILES string of the molecule is Cc1ccccc1OCC(=O)NNS(=O)(=O)c1ccc(Br)s1. The second-order valence-corrected chi connectivity index (χ2v) is 8.64. The third-order valence-corrected chi connectivity index (χ3v) is 5.95. The Morgan fingerprint density at radius 3 is 2.64 bits per heavy atom. The van der Waals surface area contributed by atoms with Gasteiger partial charge in [0.2, 0.25) is 0 Å². The molecule has 0 aliphatic heterocycles. The topological polar surface area (TPSA) is 84.5 Å². The van der Waals surface area contributed by atoms with E-state index >= 15 is 0 Å². The Balaban J connectivity index is 1.87. The monoisotopic (exact) mass is 404 g/mol. The summed E-state index contributed by atoms with van der Waals surface area (Å²) in [5.41, 5.74) is 3.00. The Hall–Kier alpha value is -1.42. The number of hydrazine groups is 1. The maximum atomic E-state index is 11.9. The lowest BCUT2D eigenvalue weighted by Crippen LogP contribution is -2.43. The molecule has 0 unspecified atom stereocenters. The van der Waals surface area contributed by atoms with Gasteiger partial charge in [-0.05, 0) is 46.6 Å². The first-order chi connectivity index (χ1) is 10.4. The van der Waals surface area contributed by atoms with Gasteiger partial charge in [-0.3, -0.25) is 10.2 Å². The van der Waals surface area contributed by atoms with Gasteiger partial charge in [0.15, 0.2) is 6.61 Å². The van der Waals surface area contributed by atoms with Gasteiger partial charge in [0.05, 0.1) is 3.79 Å². The summed E-state index contributed by atoms with van der Waals surface area (Å²) in [6.07, 6.45) is 0. The average Bonchev–Trinajstić information content (AvgIpc) is 2.92. The number of sulfonamides is 1. The number of thiophene rings is 1. The van der Waals surface area contributed by atoms with Crippen LogP contribution in [0.25, 0.3) is 0 Å². The zero-order valence-electron chi connectivity index (χ0n) is 11.5. The smallest absolute Gasteiger partial charge is 0.272 e. The highest BCUT2D eigenvalue weighted by Gasteiger charge is 2.17. The third-order valence-electron chi connectivity index (χ3n) is 2.59. The molecule has 2 N–H and O–H groups in total. The Bertz CT molecular complexity index is 774. The molecule has 1 aromatic carbocycles.